The van der Waals surface area contributed by atoms with Gasteiger partial charge in [-0.05, 0) is 49.2 Å². The summed E-state index contributed by atoms with van der Waals surface area (Å²) in [6.07, 6.45) is 2.20. The lowest BCUT2D eigenvalue weighted by Gasteiger charge is -2.10. The molecule has 2 nitrogen and oxygen atoms in total. The molecule has 3 heteroatoms. The third-order valence-electron chi connectivity index (χ3n) is 4.35. The molecule has 106 valence electrons. The second-order valence-corrected chi connectivity index (χ2v) is 5.56. The highest BCUT2D eigenvalue weighted by molar-refractivity contribution is 5.83. The summed E-state index contributed by atoms with van der Waals surface area (Å²) in [4.78, 5) is 0. The average Bonchev–Trinajstić information content (AvgIpc) is 3.10. The Bertz CT molecular complexity index is 821. The number of aryl methyl sites for hydroxylation is 1. The van der Waals surface area contributed by atoms with Crippen molar-refractivity contribution in [3.05, 3.63) is 59.4 Å². The van der Waals surface area contributed by atoms with Crippen molar-refractivity contribution >= 4 is 11.0 Å². The monoisotopic (exact) mass is 281 g/mol. The lowest BCUT2D eigenvalue weighted by atomic mass is 10.0. The molecule has 4 rings (SSSR count). The quantitative estimate of drug-likeness (QED) is 0.751. The standard InChI is InChI=1S/C18H16FNO/c1-20-16-8-6-11-9-12(5-7-14(11)16)17-10-13-3-2-4-15(19)18(13)21-17/h2-5,7,9-10,16,20H,6,8H2,1H3. The molecule has 0 radical (unpaired) electrons. The number of nitrogens with one attached hydrogen (secondary N) is 1. The number of rotatable bonds is 2. The van der Waals surface area contributed by atoms with Crippen molar-refractivity contribution in [3.63, 3.8) is 0 Å². The van der Waals surface area contributed by atoms with Gasteiger partial charge in [-0.3, -0.25) is 0 Å². The molecule has 0 amide bonds. The Kier molecular flexibility index (Phi) is 2.82. The van der Waals surface area contributed by atoms with Crippen LogP contribution in [0.4, 0.5) is 4.39 Å². The van der Waals surface area contributed by atoms with Crippen LogP contribution >= 0.6 is 0 Å². The Labute approximate surface area is 122 Å². The maximum Gasteiger partial charge on any atom is 0.170 e. The van der Waals surface area contributed by atoms with Crippen molar-refractivity contribution in [1.29, 1.82) is 0 Å². The second-order valence-electron chi connectivity index (χ2n) is 5.56. The molecule has 0 aliphatic heterocycles. The Hall–Kier alpha value is -2.13. The number of hydrogen-bond donors (Lipinski definition) is 1. The summed E-state index contributed by atoms with van der Waals surface area (Å²) in [5, 5.41) is 4.14. The van der Waals surface area contributed by atoms with Crippen LogP contribution in [0.5, 0.6) is 0 Å². The number of hydrogen-bond acceptors (Lipinski definition) is 2. The third-order valence-corrected chi connectivity index (χ3v) is 4.35. The van der Waals surface area contributed by atoms with Gasteiger partial charge in [-0.25, -0.2) is 4.39 Å². The van der Waals surface area contributed by atoms with Crippen molar-refractivity contribution in [2.45, 2.75) is 18.9 Å². The Balaban J connectivity index is 1.81. The van der Waals surface area contributed by atoms with Crippen LogP contribution in [0.15, 0.2) is 46.9 Å². The van der Waals surface area contributed by atoms with Gasteiger partial charge in [-0.2, -0.15) is 0 Å². The van der Waals surface area contributed by atoms with Gasteiger partial charge < -0.3 is 9.73 Å². The molecule has 1 aromatic heterocycles. The third kappa shape index (κ3) is 1.96. The van der Waals surface area contributed by atoms with Crippen molar-refractivity contribution in [2.75, 3.05) is 7.05 Å². The summed E-state index contributed by atoms with van der Waals surface area (Å²) in [5.41, 5.74) is 4.07. The number of furan rings is 1. The number of benzene rings is 2. The molecule has 3 aromatic rings. The molecule has 1 N–H and O–H groups in total. The molecule has 1 unspecified atom stereocenters. The first-order valence-electron chi connectivity index (χ1n) is 7.25. The first-order chi connectivity index (χ1) is 10.3. The second kappa shape index (κ2) is 4.71. The minimum Gasteiger partial charge on any atom is -0.453 e. The lowest BCUT2D eigenvalue weighted by Crippen LogP contribution is -2.12. The van der Waals surface area contributed by atoms with Gasteiger partial charge in [-0.1, -0.05) is 24.3 Å². The van der Waals surface area contributed by atoms with E-state index in [1.807, 2.05) is 19.2 Å². The van der Waals surface area contributed by atoms with E-state index in [0.29, 0.717) is 11.6 Å². The maximum absolute atomic E-state index is 13.7. The highest BCUT2D eigenvalue weighted by atomic mass is 19.1. The van der Waals surface area contributed by atoms with E-state index >= 15 is 0 Å². The van der Waals surface area contributed by atoms with Crippen molar-refractivity contribution in [2.24, 2.45) is 0 Å². The van der Waals surface area contributed by atoms with Crippen LogP contribution in [0, 0.1) is 5.82 Å². The largest absolute Gasteiger partial charge is 0.453 e. The fourth-order valence-electron chi connectivity index (χ4n) is 3.24. The summed E-state index contributed by atoms with van der Waals surface area (Å²) in [7, 11) is 2.00. The van der Waals surface area contributed by atoms with Crippen LogP contribution in [0.1, 0.15) is 23.6 Å². The zero-order valence-corrected chi connectivity index (χ0v) is 11.8. The summed E-state index contributed by atoms with van der Waals surface area (Å²) in [5.74, 6) is 0.418. The van der Waals surface area contributed by atoms with Crippen LogP contribution in [0.25, 0.3) is 22.3 Å². The summed E-state index contributed by atoms with van der Waals surface area (Å²) < 4.78 is 19.4. The zero-order chi connectivity index (χ0) is 14.4. The van der Waals surface area contributed by atoms with Crippen molar-refractivity contribution < 1.29 is 8.81 Å². The van der Waals surface area contributed by atoms with Crippen molar-refractivity contribution in [3.8, 4) is 11.3 Å². The average molecular weight is 281 g/mol. The van der Waals surface area contributed by atoms with E-state index in [1.54, 1.807) is 6.07 Å². The molecule has 0 bridgehead atoms. The highest BCUT2D eigenvalue weighted by Gasteiger charge is 2.21. The van der Waals surface area contributed by atoms with Crippen LogP contribution in [0.2, 0.25) is 0 Å². The molecule has 0 fully saturated rings. The number of halogens is 1. The topological polar surface area (TPSA) is 25.2 Å². The van der Waals surface area contributed by atoms with Crippen molar-refractivity contribution in [1.82, 2.24) is 5.32 Å². The minimum atomic E-state index is -0.310. The van der Waals surface area contributed by atoms with Gasteiger partial charge in [0.2, 0.25) is 0 Å². The SMILES string of the molecule is CNC1CCc2cc(-c3cc4cccc(F)c4o3)ccc21. The van der Waals surface area contributed by atoms with E-state index in [9.17, 15) is 4.39 Å². The molecule has 21 heavy (non-hydrogen) atoms. The fraction of sp³-hybridized carbons (Fsp3) is 0.222. The van der Waals surface area contributed by atoms with E-state index < -0.39 is 0 Å². The van der Waals surface area contributed by atoms with E-state index in [1.165, 1.54) is 17.2 Å². The normalized spacial score (nSPS) is 17.3. The molecule has 0 saturated heterocycles. The molecular formula is C18H16FNO. The van der Waals surface area contributed by atoms with Gasteiger partial charge in [0.1, 0.15) is 5.76 Å². The van der Waals surface area contributed by atoms with E-state index in [0.717, 1.165) is 29.6 Å². The van der Waals surface area contributed by atoms with Gasteiger partial charge in [0.25, 0.3) is 0 Å². The summed E-state index contributed by atoms with van der Waals surface area (Å²) in [6.45, 7) is 0. The van der Waals surface area contributed by atoms with Gasteiger partial charge in [0.15, 0.2) is 11.4 Å². The Morgan fingerprint density at radius 2 is 2.10 bits per heavy atom. The predicted molar refractivity (Wildman–Crippen MR) is 81.7 cm³/mol. The van der Waals surface area contributed by atoms with Crippen LogP contribution in [-0.4, -0.2) is 7.05 Å². The fourth-order valence-corrected chi connectivity index (χ4v) is 3.24. The molecule has 0 spiro atoms. The van der Waals surface area contributed by atoms with E-state index in [-0.39, 0.29) is 5.82 Å². The van der Waals surface area contributed by atoms with Crippen LogP contribution < -0.4 is 5.32 Å². The Morgan fingerprint density at radius 3 is 2.90 bits per heavy atom. The highest BCUT2D eigenvalue weighted by Crippen LogP contribution is 2.35. The molecule has 2 aromatic carbocycles. The van der Waals surface area contributed by atoms with E-state index in [2.05, 4.69) is 23.5 Å². The molecular weight excluding hydrogens is 265 g/mol. The Morgan fingerprint density at radius 1 is 1.19 bits per heavy atom. The van der Waals surface area contributed by atoms with Gasteiger partial charge in [0, 0.05) is 17.0 Å². The van der Waals surface area contributed by atoms with E-state index in [4.69, 9.17) is 4.42 Å². The first kappa shape index (κ1) is 12.6. The lowest BCUT2D eigenvalue weighted by molar-refractivity contribution is 0.568. The molecule has 1 atom stereocenters. The molecule has 1 aliphatic carbocycles. The van der Waals surface area contributed by atoms with Gasteiger partial charge in [0.05, 0.1) is 0 Å². The molecule has 0 saturated carbocycles. The van der Waals surface area contributed by atoms with Gasteiger partial charge in [-0.15, -0.1) is 0 Å². The first-order valence-corrected chi connectivity index (χ1v) is 7.25. The number of para-hydroxylation sites is 1. The van der Waals surface area contributed by atoms with Crippen LogP contribution in [0.3, 0.4) is 0 Å². The minimum absolute atomic E-state index is 0.310. The maximum atomic E-state index is 13.7. The van der Waals surface area contributed by atoms with Crippen LogP contribution in [-0.2, 0) is 6.42 Å². The molecule has 1 heterocycles. The predicted octanol–water partition coefficient (Wildman–Crippen LogP) is 4.45. The summed E-state index contributed by atoms with van der Waals surface area (Å²) >= 11 is 0. The zero-order valence-electron chi connectivity index (χ0n) is 11.8. The van der Waals surface area contributed by atoms with Gasteiger partial charge >= 0.3 is 0 Å². The molecule has 1 aliphatic rings. The smallest absolute Gasteiger partial charge is 0.170 e. The number of fused-ring (bicyclic) bond motifs is 2. The summed E-state index contributed by atoms with van der Waals surface area (Å²) in [6, 6.07) is 13.7.